The van der Waals surface area contributed by atoms with E-state index in [1.807, 2.05) is 24.3 Å². The van der Waals surface area contributed by atoms with E-state index in [2.05, 4.69) is 48.3 Å². The largest absolute Gasteiger partial charge is 0.481 e. The SMILES string of the molecule is CC(C)(C)C1Cc2cc(NC(=O)C3(c4ccc5c(c4)OCO5)CC3)ccc2N1.COC.O=CCCC(=O)O. The minimum absolute atomic E-state index is 0.0521. The molecule has 2 aliphatic heterocycles. The highest BCUT2D eigenvalue weighted by atomic mass is 16.7. The smallest absolute Gasteiger partial charge is 0.303 e. The fourth-order valence-corrected chi connectivity index (χ4v) is 4.36. The van der Waals surface area contributed by atoms with E-state index in [0.29, 0.717) is 12.3 Å². The lowest BCUT2D eigenvalue weighted by atomic mass is 9.85. The zero-order valence-corrected chi connectivity index (χ0v) is 22.8. The number of amides is 1. The molecule has 2 heterocycles. The first kappa shape index (κ1) is 29.0. The minimum Gasteiger partial charge on any atom is -0.481 e. The lowest BCUT2D eigenvalue weighted by Crippen LogP contribution is -2.31. The zero-order chi connectivity index (χ0) is 27.9. The average molecular weight is 527 g/mol. The van der Waals surface area contributed by atoms with E-state index in [1.54, 1.807) is 14.2 Å². The van der Waals surface area contributed by atoms with Crippen LogP contribution in [0.15, 0.2) is 36.4 Å². The van der Waals surface area contributed by atoms with Gasteiger partial charge in [0.1, 0.15) is 6.29 Å². The number of carboxylic acids is 1. The van der Waals surface area contributed by atoms with Gasteiger partial charge in [-0.1, -0.05) is 26.8 Å². The van der Waals surface area contributed by atoms with Gasteiger partial charge in [0.05, 0.1) is 11.8 Å². The molecule has 0 aromatic heterocycles. The van der Waals surface area contributed by atoms with E-state index in [9.17, 15) is 14.4 Å². The summed E-state index contributed by atoms with van der Waals surface area (Å²) >= 11 is 0. The highest BCUT2D eigenvalue weighted by Crippen LogP contribution is 2.51. The number of carbonyl (C=O) groups is 3. The topological polar surface area (TPSA) is 123 Å². The van der Waals surface area contributed by atoms with E-state index in [1.165, 1.54) is 11.3 Å². The van der Waals surface area contributed by atoms with Crippen molar-refractivity contribution >= 4 is 29.5 Å². The Morgan fingerprint density at radius 2 is 1.82 bits per heavy atom. The van der Waals surface area contributed by atoms with Gasteiger partial charge >= 0.3 is 5.97 Å². The van der Waals surface area contributed by atoms with Gasteiger partial charge in [-0.2, -0.15) is 0 Å². The van der Waals surface area contributed by atoms with Crippen LogP contribution in [0.5, 0.6) is 11.5 Å². The van der Waals surface area contributed by atoms with Crippen molar-refractivity contribution in [1.29, 1.82) is 0 Å². The van der Waals surface area contributed by atoms with E-state index >= 15 is 0 Å². The quantitative estimate of drug-likeness (QED) is 0.460. The molecular formula is C29H38N2O7. The molecule has 0 bridgehead atoms. The number of aldehydes is 1. The molecule has 1 unspecified atom stereocenters. The van der Waals surface area contributed by atoms with Gasteiger partial charge in [-0.15, -0.1) is 0 Å². The maximum atomic E-state index is 13.1. The Morgan fingerprint density at radius 1 is 1.13 bits per heavy atom. The van der Waals surface area contributed by atoms with Crippen LogP contribution in [-0.2, 0) is 31.0 Å². The number of ether oxygens (including phenoxy) is 3. The monoisotopic (exact) mass is 526 g/mol. The minimum atomic E-state index is -0.924. The van der Waals surface area contributed by atoms with Crippen molar-refractivity contribution in [3.63, 3.8) is 0 Å². The number of carboxylic acid groups (broad SMARTS) is 1. The zero-order valence-electron chi connectivity index (χ0n) is 22.8. The maximum Gasteiger partial charge on any atom is 0.303 e. The van der Waals surface area contributed by atoms with Gasteiger partial charge in [-0.05, 0) is 66.1 Å². The van der Waals surface area contributed by atoms with Crippen LogP contribution >= 0.6 is 0 Å². The van der Waals surface area contributed by atoms with Crippen LogP contribution in [0.1, 0.15) is 57.6 Å². The Kier molecular flexibility index (Phi) is 9.38. The highest BCUT2D eigenvalue weighted by Gasteiger charge is 2.51. The molecule has 2 aromatic carbocycles. The number of fused-ring (bicyclic) bond motifs is 2. The summed E-state index contributed by atoms with van der Waals surface area (Å²) in [4.78, 5) is 32.2. The van der Waals surface area contributed by atoms with Gasteiger partial charge in [0.25, 0.3) is 0 Å². The van der Waals surface area contributed by atoms with Crippen LogP contribution in [0.4, 0.5) is 11.4 Å². The Hall–Kier alpha value is -3.59. The summed E-state index contributed by atoms with van der Waals surface area (Å²) in [6, 6.07) is 12.4. The number of methoxy groups -OCH3 is 1. The molecule has 206 valence electrons. The molecule has 9 nitrogen and oxygen atoms in total. The number of rotatable bonds is 6. The predicted molar refractivity (Wildman–Crippen MR) is 145 cm³/mol. The summed E-state index contributed by atoms with van der Waals surface area (Å²) in [6.45, 7) is 7.00. The number of nitrogens with one attached hydrogen (secondary N) is 2. The summed E-state index contributed by atoms with van der Waals surface area (Å²) in [5.74, 6) is 0.615. The average Bonchev–Trinajstić information content (AvgIpc) is 3.34. The van der Waals surface area contributed by atoms with E-state index in [4.69, 9.17) is 14.6 Å². The molecule has 1 saturated carbocycles. The van der Waals surface area contributed by atoms with E-state index in [-0.39, 0.29) is 31.0 Å². The maximum absolute atomic E-state index is 13.1. The fraction of sp³-hybridized carbons (Fsp3) is 0.483. The molecule has 1 fully saturated rings. The van der Waals surface area contributed by atoms with Crippen LogP contribution < -0.4 is 20.1 Å². The van der Waals surface area contributed by atoms with Crippen molar-refractivity contribution in [3.8, 4) is 11.5 Å². The molecule has 1 atom stereocenters. The number of benzene rings is 2. The van der Waals surface area contributed by atoms with Crippen molar-refractivity contribution in [2.24, 2.45) is 5.41 Å². The molecule has 2 aromatic rings. The molecule has 1 amide bonds. The Morgan fingerprint density at radius 3 is 2.39 bits per heavy atom. The Labute approximate surface area is 223 Å². The molecule has 38 heavy (non-hydrogen) atoms. The molecular weight excluding hydrogens is 488 g/mol. The number of anilines is 2. The fourth-order valence-electron chi connectivity index (χ4n) is 4.36. The van der Waals surface area contributed by atoms with Gasteiger partial charge < -0.3 is 34.7 Å². The molecule has 5 rings (SSSR count). The van der Waals surface area contributed by atoms with Gasteiger partial charge in [0.15, 0.2) is 11.5 Å². The predicted octanol–water partition coefficient (Wildman–Crippen LogP) is 4.78. The first-order valence-corrected chi connectivity index (χ1v) is 12.7. The third-order valence-corrected chi connectivity index (χ3v) is 6.75. The third-order valence-electron chi connectivity index (χ3n) is 6.75. The van der Waals surface area contributed by atoms with Crippen LogP contribution in [0.3, 0.4) is 0 Å². The van der Waals surface area contributed by atoms with Crippen molar-refractivity contribution in [1.82, 2.24) is 0 Å². The molecule has 1 aliphatic carbocycles. The van der Waals surface area contributed by atoms with Crippen molar-refractivity contribution in [3.05, 3.63) is 47.5 Å². The molecule has 9 heteroatoms. The normalized spacial score (nSPS) is 17.4. The second kappa shape index (κ2) is 12.3. The third kappa shape index (κ3) is 7.04. The van der Waals surface area contributed by atoms with Crippen molar-refractivity contribution in [2.45, 2.75) is 64.3 Å². The van der Waals surface area contributed by atoms with Gasteiger partial charge in [-0.3, -0.25) is 9.59 Å². The standard InChI is InChI=1S/C23H26N2O3.C4H6O3.C2H6O/c1-22(2,3)20-11-14-10-16(5-6-17(14)25-20)24-21(26)23(8-9-23)15-4-7-18-19(12-15)28-13-27-18;5-3-1-2-4(6)7;1-3-2/h4-7,10,12,20,25H,8-9,11,13H2,1-3H3,(H,24,26);3H,1-2H2,(H,6,7);1-2H3. The summed E-state index contributed by atoms with van der Waals surface area (Å²) in [7, 11) is 3.25. The molecule has 3 N–H and O–H groups in total. The molecule has 3 aliphatic rings. The van der Waals surface area contributed by atoms with Gasteiger partial charge in [0, 0.05) is 38.1 Å². The number of aliphatic carboxylic acids is 1. The van der Waals surface area contributed by atoms with Gasteiger partial charge in [-0.25, -0.2) is 0 Å². The summed E-state index contributed by atoms with van der Waals surface area (Å²) < 4.78 is 15.1. The van der Waals surface area contributed by atoms with E-state index < -0.39 is 11.4 Å². The number of hydrogen-bond acceptors (Lipinski definition) is 7. The molecule has 0 saturated heterocycles. The number of hydrogen-bond donors (Lipinski definition) is 3. The van der Waals surface area contributed by atoms with Crippen LogP contribution in [-0.4, -0.2) is 50.3 Å². The van der Waals surface area contributed by atoms with E-state index in [0.717, 1.165) is 42.0 Å². The summed E-state index contributed by atoms with van der Waals surface area (Å²) in [6.07, 6.45) is 3.36. The second-order valence-electron chi connectivity index (χ2n) is 10.8. The first-order chi connectivity index (χ1) is 18.0. The van der Waals surface area contributed by atoms with Crippen LogP contribution in [0.2, 0.25) is 0 Å². The summed E-state index contributed by atoms with van der Waals surface area (Å²) in [5.41, 5.74) is 4.06. The van der Waals surface area contributed by atoms with Gasteiger partial charge in [0.2, 0.25) is 12.7 Å². The van der Waals surface area contributed by atoms with Crippen molar-refractivity contribution < 1.29 is 33.7 Å². The van der Waals surface area contributed by atoms with Crippen LogP contribution in [0, 0.1) is 5.41 Å². The second-order valence-corrected chi connectivity index (χ2v) is 10.8. The lowest BCUT2D eigenvalue weighted by Gasteiger charge is -2.27. The Balaban J connectivity index is 0.000000345. The first-order valence-electron chi connectivity index (χ1n) is 12.7. The van der Waals surface area contributed by atoms with Crippen molar-refractivity contribution in [2.75, 3.05) is 31.6 Å². The number of carbonyl (C=O) groups excluding carboxylic acids is 2. The molecule has 0 spiro atoms. The Bertz CT molecular complexity index is 1150. The highest BCUT2D eigenvalue weighted by molar-refractivity contribution is 6.01. The molecule has 0 radical (unpaired) electrons. The lowest BCUT2D eigenvalue weighted by molar-refractivity contribution is -0.137. The summed E-state index contributed by atoms with van der Waals surface area (Å²) in [5, 5.41) is 14.6. The van der Waals surface area contributed by atoms with Crippen LogP contribution in [0.25, 0.3) is 0 Å².